The smallest absolute Gasteiger partial charge is 0.327 e. The van der Waals surface area contributed by atoms with E-state index in [0.717, 1.165) is 16.6 Å². The molecule has 0 aromatic carbocycles. The van der Waals surface area contributed by atoms with Gasteiger partial charge in [0.1, 0.15) is 6.04 Å². The van der Waals surface area contributed by atoms with Crippen molar-refractivity contribution in [2.45, 2.75) is 31.2 Å². The van der Waals surface area contributed by atoms with E-state index in [0.29, 0.717) is 10.9 Å². The highest BCUT2D eigenvalue weighted by molar-refractivity contribution is 9.11. The lowest BCUT2D eigenvalue weighted by Gasteiger charge is -2.26. The number of thioether (sulfide) groups is 1. The lowest BCUT2D eigenvalue weighted by atomic mass is 10.2. The number of carbonyl (C=O) groups excluding carboxylic acids is 1. The van der Waals surface area contributed by atoms with Crippen LogP contribution >= 0.6 is 39.0 Å². The van der Waals surface area contributed by atoms with Crippen LogP contribution in [0.15, 0.2) is 9.98 Å². The number of aliphatic carboxylic acids is 1. The Balaban J connectivity index is 2.12. The van der Waals surface area contributed by atoms with Crippen molar-refractivity contribution in [1.29, 1.82) is 0 Å². The van der Waals surface area contributed by atoms with E-state index < -0.39 is 18.0 Å². The first-order valence-corrected chi connectivity index (χ1v) is 8.73. The SMILES string of the molecule is CCCC1SCC(C(=O)O)N1C(=O)Nc1ncc(Br)s1. The largest absolute Gasteiger partial charge is 0.480 e. The topological polar surface area (TPSA) is 82.5 Å². The van der Waals surface area contributed by atoms with E-state index >= 15 is 0 Å². The third-order valence-electron chi connectivity index (χ3n) is 2.84. The Hall–Kier alpha value is -0.800. The molecule has 1 aliphatic rings. The molecule has 9 heteroatoms. The molecule has 2 unspecified atom stereocenters. The maximum atomic E-state index is 12.3. The lowest BCUT2D eigenvalue weighted by molar-refractivity contribution is -0.141. The number of carboxylic acid groups (broad SMARTS) is 1. The van der Waals surface area contributed by atoms with E-state index in [2.05, 4.69) is 26.2 Å². The van der Waals surface area contributed by atoms with Crippen LogP contribution in [-0.2, 0) is 4.79 Å². The third kappa shape index (κ3) is 3.44. The molecule has 110 valence electrons. The second kappa shape index (κ2) is 6.77. The van der Waals surface area contributed by atoms with Gasteiger partial charge in [0.25, 0.3) is 0 Å². The molecule has 1 fully saturated rings. The van der Waals surface area contributed by atoms with Gasteiger partial charge in [-0.05, 0) is 22.4 Å². The number of nitrogens with zero attached hydrogens (tertiary/aromatic N) is 2. The molecular weight excluding hydrogens is 366 g/mol. The number of hydrogen-bond acceptors (Lipinski definition) is 5. The Kier molecular flexibility index (Phi) is 5.28. The van der Waals surface area contributed by atoms with Gasteiger partial charge in [0, 0.05) is 5.75 Å². The maximum Gasteiger partial charge on any atom is 0.327 e. The van der Waals surface area contributed by atoms with Crippen molar-refractivity contribution < 1.29 is 14.7 Å². The Morgan fingerprint density at radius 1 is 1.65 bits per heavy atom. The van der Waals surface area contributed by atoms with Gasteiger partial charge in [-0.25, -0.2) is 14.6 Å². The van der Waals surface area contributed by atoms with Gasteiger partial charge in [0.05, 0.1) is 15.4 Å². The molecule has 0 radical (unpaired) electrons. The quantitative estimate of drug-likeness (QED) is 0.839. The molecule has 2 heterocycles. The van der Waals surface area contributed by atoms with E-state index in [9.17, 15) is 14.7 Å². The van der Waals surface area contributed by atoms with Crippen LogP contribution in [0.1, 0.15) is 19.8 Å². The summed E-state index contributed by atoms with van der Waals surface area (Å²) < 4.78 is 0.809. The molecule has 6 nitrogen and oxygen atoms in total. The van der Waals surface area contributed by atoms with Gasteiger partial charge >= 0.3 is 12.0 Å². The van der Waals surface area contributed by atoms with Crippen molar-refractivity contribution in [1.82, 2.24) is 9.88 Å². The van der Waals surface area contributed by atoms with E-state index in [1.165, 1.54) is 28.0 Å². The summed E-state index contributed by atoms with van der Waals surface area (Å²) in [4.78, 5) is 29.0. The summed E-state index contributed by atoms with van der Waals surface area (Å²) in [6.07, 6.45) is 3.28. The third-order valence-corrected chi connectivity index (χ3v) is 5.59. The number of carboxylic acids is 1. The summed E-state index contributed by atoms with van der Waals surface area (Å²) in [5, 5.41) is 12.3. The van der Waals surface area contributed by atoms with Crippen LogP contribution in [0.4, 0.5) is 9.93 Å². The zero-order chi connectivity index (χ0) is 14.7. The highest BCUT2D eigenvalue weighted by Gasteiger charge is 2.41. The molecule has 2 rings (SSSR count). The number of urea groups is 1. The summed E-state index contributed by atoms with van der Waals surface area (Å²) in [6.45, 7) is 2.02. The molecule has 1 aromatic rings. The summed E-state index contributed by atoms with van der Waals surface area (Å²) >= 11 is 6.08. The minimum atomic E-state index is -0.966. The fourth-order valence-corrected chi connectivity index (χ4v) is 4.57. The normalized spacial score (nSPS) is 22.0. The number of halogens is 1. The summed E-state index contributed by atoms with van der Waals surface area (Å²) in [6, 6.07) is -1.18. The van der Waals surface area contributed by atoms with Gasteiger partial charge in [-0.3, -0.25) is 10.2 Å². The monoisotopic (exact) mass is 379 g/mol. The highest BCUT2D eigenvalue weighted by Crippen LogP contribution is 2.33. The van der Waals surface area contributed by atoms with Crippen LogP contribution in [0.25, 0.3) is 0 Å². The first-order chi connectivity index (χ1) is 9.52. The Morgan fingerprint density at radius 3 is 2.95 bits per heavy atom. The number of carbonyl (C=O) groups is 2. The lowest BCUT2D eigenvalue weighted by Crippen LogP contribution is -2.47. The fraction of sp³-hybridized carbons (Fsp3) is 0.545. The molecular formula is C11H14BrN3O3S2. The van der Waals surface area contributed by atoms with Gasteiger partial charge in [-0.1, -0.05) is 24.7 Å². The zero-order valence-corrected chi connectivity index (χ0v) is 13.9. The van der Waals surface area contributed by atoms with Crippen molar-refractivity contribution in [3.05, 3.63) is 9.98 Å². The predicted molar refractivity (Wildman–Crippen MR) is 83.2 cm³/mol. The van der Waals surface area contributed by atoms with Crippen molar-refractivity contribution in [2.24, 2.45) is 0 Å². The van der Waals surface area contributed by atoms with Crippen LogP contribution in [-0.4, -0.2) is 44.2 Å². The molecule has 0 bridgehead atoms. The van der Waals surface area contributed by atoms with Crippen molar-refractivity contribution in [3.8, 4) is 0 Å². The molecule has 0 saturated carbocycles. The molecule has 1 aliphatic heterocycles. The van der Waals surface area contributed by atoms with E-state index in [1.54, 1.807) is 6.20 Å². The fourth-order valence-electron chi connectivity index (χ4n) is 1.96. The number of thiazole rings is 1. The number of amides is 2. The predicted octanol–water partition coefficient (Wildman–Crippen LogP) is 3.07. The highest BCUT2D eigenvalue weighted by atomic mass is 79.9. The first-order valence-electron chi connectivity index (χ1n) is 6.08. The molecule has 1 aromatic heterocycles. The second-order valence-electron chi connectivity index (χ2n) is 4.24. The van der Waals surface area contributed by atoms with Crippen LogP contribution < -0.4 is 5.32 Å². The van der Waals surface area contributed by atoms with Crippen LogP contribution in [0.3, 0.4) is 0 Å². The van der Waals surface area contributed by atoms with Gasteiger partial charge in [0.2, 0.25) is 0 Å². The van der Waals surface area contributed by atoms with Crippen LogP contribution in [0.2, 0.25) is 0 Å². The van der Waals surface area contributed by atoms with E-state index in [-0.39, 0.29) is 5.37 Å². The molecule has 1 saturated heterocycles. The van der Waals surface area contributed by atoms with Crippen molar-refractivity contribution >= 4 is 56.2 Å². The number of aromatic nitrogens is 1. The van der Waals surface area contributed by atoms with Crippen molar-refractivity contribution in [3.63, 3.8) is 0 Å². The number of rotatable bonds is 4. The summed E-state index contributed by atoms with van der Waals surface area (Å²) in [5.74, 6) is -0.541. The van der Waals surface area contributed by atoms with E-state index in [4.69, 9.17) is 0 Å². The zero-order valence-electron chi connectivity index (χ0n) is 10.7. The number of nitrogens with one attached hydrogen (secondary N) is 1. The van der Waals surface area contributed by atoms with Crippen LogP contribution in [0.5, 0.6) is 0 Å². The average Bonchev–Trinajstić information content (AvgIpc) is 2.96. The van der Waals surface area contributed by atoms with Gasteiger partial charge in [0.15, 0.2) is 5.13 Å². The van der Waals surface area contributed by atoms with Gasteiger partial charge in [-0.15, -0.1) is 11.8 Å². The second-order valence-corrected chi connectivity index (χ2v) is 7.86. The minimum absolute atomic E-state index is 0.0931. The van der Waals surface area contributed by atoms with Gasteiger partial charge in [-0.2, -0.15) is 0 Å². The number of hydrogen-bond donors (Lipinski definition) is 2. The summed E-state index contributed by atoms with van der Waals surface area (Å²) in [7, 11) is 0. The number of anilines is 1. The van der Waals surface area contributed by atoms with Crippen molar-refractivity contribution in [2.75, 3.05) is 11.1 Å². The molecule has 20 heavy (non-hydrogen) atoms. The maximum absolute atomic E-state index is 12.3. The standard InChI is InChI=1S/C11H14BrN3O3S2/c1-2-3-8-15(6(5-19-8)9(16)17)11(18)14-10-13-4-7(12)20-10/h4,6,8H,2-3,5H2,1H3,(H,16,17)(H,13,14,18). The minimum Gasteiger partial charge on any atom is -0.480 e. The molecule has 2 atom stereocenters. The average molecular weight is 380 g/mol. The Morgan fingerprint density at radius 2 is 2.40 bits per heavy atom. The molecule has 0 spiro atoms. The molecule has 0 aliphatic carbocycles. The molecule has 2 amide bonds. The Labute approximate surface area is 133 Å². The van der Waals surface area contributed by atoms with E-state index in [1.807, 2.05) is 6.92 Å². The van der Waals surface area contributed by atoms with Crippen LogP contribution in [0, 0.1) is 0 Å². The first kappa shape index (κ1) is 15.6. The molecule has 2 N–H and O–H groups in total. The summed E-state index contributed by atoms with van der Waals surface area (Å²) in [5.41, 5.74) is 0. The van der Waals surface area contributed by atoms with Gasteiger partial charge < -0.3 is 5.11 Å². The Bertz CT molecular complexity index is 511.